The molecule has 0 aromatic rings. The van der Waals surface area contributed by atoms with Gasteiger partial charge in [-0.3, -0.25) is 0 Å². The third kappa shape index (κ3) is 1.62. The van der Waals surface area contributed by atoms with E-state index in [1.54, 1.807) is 0 Å². The fourth-order valence-corrected chi connectivity index (χ4v) is 1.91. The SMILES string of the molecule is CC1([SiH2])CCCCC1. The van der Waals surface area contributed by atoms with Gasteiger partial charge in [0, 0.05) is 10.2 Å². The zero-order valence-electron chi connectivity index (χ0n) is 5.74. The normalized spacial score (nSPS) is 27.8. The number of rotatable bonds is 0. The summed E-state index contributed by atoms with van der Waals surface area (Å²) >= 11 is 0. The van der Waals surface area contributed by atoms with Crippen molar-refractivity contribution in [2.24, 2.45) is 0 Å². The maximum atomic E-state index is 2.39. The molecule has 47 valence electrons. The van der Waals surface area contributed by atoms with E-state index in [4.69, 9.17) is 0 Å². The van der Waals surface area contributed by atoms with Crippen LogP contribution >= 0.6 is 0 Å². The predicted molar refractivity (Wildman–Crippen MR) is 40.0 cm³/mol. The van der Waals surface area contributed by atoms with Crippen LogP contribution in [0.4, 0.5) is 0 Å². The molecule has 1 saturated carbocycles. The molecule has 0 aromatic carbocycles. The largest absolute Gasteiger partial charge is 0.0629 e. The highest BCUT2D eigenvalue weighted by atomic mass is 28.1. The van der Waals surface area contributed by atoms with E-state index in [1.807, 2.05) is 0 Å². The van der Waals surface area contributed by atoms with E-state index < -0.39 is 0 Å². The van der Waals surface area contributed by atoms with Crippen molar-refractivity contribution in [2.75, 3.05) is 0 Å². The van der Waals surface area contributed by atoms with Crippen LogP contribution in [0.25, 0.3) is 0 Å². The lowest BCUT2D eigenvalue weighted by molar-refractivity contribution is 0.404. The Bertz CT molecular complexity index is 68.5. The van der Waals surface area contributed by atoms with Crippen molar-refractivity contribution in [1.29, 1.82) is 0 Å². The van der Waals surface area contributed by atoms with Gasteiger partial charge in [0.05, 0.1) is 0 Å². The van der Waals surface area contributed by atoms with Crippen molar-refractivity contribution in [3.63, 3.8) is 0 Å². The minimum atomic E-state index is 0.707. The molecule has 0 saturated heterocycles. The summed E-state index contributed by atoms with van der Waals surface area (Å²) in [6.45, 7) is 2.39. The van der Waals surface area contributed by atoms with Crippen molar-refractivity contribution in [2.45, 2.75) is 44.1 Å². The van der Waals surface area contributed by atoms with Gasteiger partial charge in [-0.15, -0.1) is 0 Å². The summed E-state index contributed by atoms with van der Waals surface area (Å²) in [5.74, 6) is 0. The van der Waals surface area contributed by atoms with Crippen LogP contribution in [0, 0.1) is 0 Å². The van der Waals surface area contributed by atoms with Crippen LogP contribution < -0.4 is 0 Å². The van der Waals surface area contributed by atoms with Gasteiger partial charge in [-0.25, -0.2) is 0 Å². The van der Waals surface area contributed by atoms with E-state index in [2.05, 4.69) is 17.2 Å². The molecule has 0 nitrogen and oxygen atoms in total. The van der Waals surface area contributed by atoms with Crippen molar-refractivity contribution in [3.05, 3.63) is 0 Å². The Morgan fingerprint density at radius 3 is 1.88 bits per heavy atom. The van der Waals surface area contributed by atoms with E-state index in [0.717, 1.165) is 0 Å². The molecule has 0 aromatic heterocycles. The van der Waals surface area contributed by atoms with E-state index in [-0.39, 0.29) is 0 Å². The summed E-state index contributed by atoms with van der Waals surface area (Å²) in [4.78, 5) is 0. The molecule has 0 N–H and O–H groups in total. The fourth-order valence-electron chi connectivity index (χ4n) is 1.41. The lowest BCUT2D eigenvalue weighted by atomic mass is 9.90. The van der Waals surface area contributed by atoms with Gasteiger partial charge >= 0.3 is 0 Å². The quantitative estimate of drug-likeness (QED) is 0.435. The summed E-state index contributed by atoms with van der Waals surface area (Å²) in [7, 11) is 2.19. The van der Waals surface area contributed by atoms with Crippen molar-refractivity contribution in [1.82, 2.24) is 0 Å². The fraction of sp³-hybridized carbons (Fsp3) is 1.00. The highest BCUT2D eigenvalue weighted by Crippen LogP contribution is 2.38. The molecular formula is C7H15Si. The maximum Gasteiger partial charge on any atom is 0.0159 e. The Kier molecular flexibility index (Phi) is 1.76. The van der Waals surface area contributed by atoms with Gasteiger partial charge in [-0.05, 0) is 5.04 Å². The predicted octanol–water partition coefficient (Wildman–Crippen LogP) is 1.76. The summed E-state index contributed by atoms with van der Waals surface area (Å²) in [6, 6.07) is 0. The standard InChI is InChI=1S/C7H15Si/c1-7(8)5-3-2-4-6-7/h2-6,8H2,1H3. The van der Waals surface area contributed by atoms with Gasteiger partial charge in [-0.1, -0.05) is 39.0 Å². The average molecular weight is 127 g/mol. The highest BCUT2D eigenvalue weighted by molar-refractivity contribution is 6.14. The van der Waals surface area contributed by atoms with Crippen LogP contribution in [0.1, 0.15) is 39.0 Å². The van der Waals surface area contributed by atoms with E-state index in [9.17, 15) is 0 Å². The third-order valence-corrected chi connectivity index (χ3v) is 2.77. The lowest BCUT2D eigenvalue weighted by Crippen LogP contribution is -2.11. The first-order valence-corrected chi connectivity index (χ1v) is 4.27. The van der Waals surface area contributed by atoms with Crippen molar-refractivity contribution in [3.8, 4) is 0 Å². The average Bonchev–Trinajstić information content (AvgIpc) is 1.65. The molecule has 1 aliphatic carbocycles. The summed E-state index contributed by atoms with van der Waals surface area (Å²) < 4.78 is 0. The second kappa shape index (κ2) is 2.22. The van der Waals surface area contributed by atoms with Crippen LogP contribution in [-0.4, -0.2) is 10.2 Å². The molecule has 0 bridgehead atoms. The zero-order valence-corrected chi connectivity index (χ0v) is 7.16. The monoisotopic (exact) mass is 127 g/mol. The van der Waals surface area contributed by atoms with Crippen LogP contribution in [0.3, 0.4) is 0 Å². The topological polar surface area (TPSA) is 0 Å². The minimum absolute atomic E-state index is 0.707. The molecule has 1 rings (SSSR count). The lowest BCUT2D eigenvalue weighted by Gasteiger charge is -2.28. The van der Waals surface area contributed by atoms with Gasteiger partial charge in [0.25, 0.3) is 0 Å². The molecule has 8 heavy (non-hydrogen) atoms. The molecular weight excluding hydrogens is 112 g/mol. The molecule has 0 heterocycles. The smallest absolute Gasteiger partial charge is 0.0159 e. The van der Waals surface area contributed by atoms with Crippen LogP contribution in [-0.2, 0) is 0 Å². The second-order valence-corrected chi connectivity index (χ2v) is 5.08. The first-order valence-electron chi connectivity index (χ1n) is 3.56. The Labute approximate surface area is 55.1 Å². The van der Waals surface area contributed by atoms with E-state index in [0.29, 0.717) is 5.04 Å². The van der Waals surface area contributed by atoms with Gasteiger partial charge in [0.15, 0.2) is 0 Å². The molecule has 0 atom stereocenters. The van der Waals surface area contributed by atoms with Gasteiger partial charge in [0.1, 0.15) is 0 Å². The molecule has 0 aliphatic heterocycles. The molecule has 0 spiro atoms. The first kappa shape index (κ1) is 6.34. The van der Waals surface area contributed by atoms with Gasteiger partial charge < -0.3 is 0 Å². The Balaban J connectivity index is 2.33. The van der Waals surface area contributed by atoms with Crippen molar-refractivity contribution >= 4 is 10.2 Å². The summed E-state index contributed by atoms with van der Waals surface area (Å²) in [5, 5.41) is 0.707. The van der Waals surface area contributed by atoms with Crippen LogP contribution in [0.2, 0.25) is 5.04 Å². The third-order valence-electron chi connectivity index (χ3n) is 2.06. The molecule has 1 fully saturated rings. The minimum Gasteiger partial charge on any atom is -0.0629 e. The Morgan fingerprint density at radius 2 is 1.62 bits per heavy atom. The maximum absolute atomic E-state index is 2.39. The summed E-state index contributed by atoms with van der Waals surface area (Å²) in [6.07, 6.45) is 7.35. The Morgan fingerprint density at radius 1 is 1.12 bits per heavy atom. The molecule has 1 aliphatic rings. The number of hydrogen-bond acceptors (Lipinski definition) is 0. The first-order chi connectivity index (χ1) is 3.71. The summed E-state index contributed by atoms with van der Waals surface area (Å²) in [5.41, 5.74) is 0. The Hall–Kier alpha value is 0.217. The molecule has 1 heteroatoms. The van der Waals surface area contributed by atoms with Gasteiger partial charge in [0.2, 0.25) is 0 Å². The van der Waals surface area contributed by atoms with Crippen LogP contribution in [0.15, 0.2) is 0 Å². The highest BCUT2D eigenvalue weighted by Gasteiger charge is 2.19. The van der Waals surface area contributed by atoms with Crippen LogP contribution in [0.5, 0.6) is 0 Å². The van der Waals surface area contributed by atoms with E-state index in [1.165, 1.54) is 32.1 Å². The second-order valence-electron chi connectivity index (χ2n) is 3.37. The molecule has 0 unspecified atom stereocenters. The van der Waals surface area contributed by atoms with Gasteiger partial charge in [-0.2, -0.15) is 0 Å². The molecule has 0 amide bonds. The zero-order chi connectivity index (χ0) is 6.04. The van der Waals surface area contributed by atoms with E-state index >= 15 is 0 Å². The van der Waals surface area contributed by atoms with Crippen molar-refractivity contribution < 1.29 is 0 Å². The molecule has 1 radical (unpaired) electrons. The number of hydrogen-bond donors (Lipinski definition) is 0.